The highest BCUT2D eigenvalue weighted by molar-refractivity contribution is 5.42. The third-order valence-corrected chi connectivity index (χ3v) is 4.69. The average molecular weight is 298 g/mol. The molecule has 3 heterocycles. The van der Waals surface area contributed by atoms with Crippen LogP contribution in [0.1, 0.15) is 48.8 Å². The summed E-state index contributed by atoms with van der Waals surface area (Å²) in [6.07, 6.45) is 4.81. The topological polar surface area (TPSA) is 72.9 Å². The van der Waals surface area contributed by atoms with Crippen molar-refractivity contribution in [1.29, 1.82) is 0 Å². The SMILES string of the molecule is Cc1cc(N2CCCn3nc(N)cc3C2)nc(C2CCC2)n1. The Morgan fingerprint density at radius 3 is 2.77 bits per heavy atom. The number of anilines is 2. The minimum Gasteiger partial charge on any atom is -0.382 e. The van der Waals surface area contributed by atoms with Crippen molar-refractivity contribution in [2.24, 2.45) is 0 Å². The smallest absolute Gasteiger partial charge is 0.145 e. The van der Waals surface area contributed by atoms with Gasteiger partial charge in [0.25, 0.3) is 0 Å². The van der Waals surface area contributed by atoms with Gasteiger partial charge in [0, 0.05) is 36.8 Å². The van der Waals surface area contributed by atoms with Gasteiger partial charge in [0.1, 0.15) is 17.5 Å². The quantitative estimate of drug-likeness (QED) is 0.920. The van der Waals surface area contributed by atoms with Crippen molar-refractivity contribution in [2.75, 3.05) is 17.2 Å². The maximum atomic E-state index is 5.83. The predicted octanol–water partition coefficient (Wildman–Crippen LogP) is 2.24. The van der Waals surface area contributed by atoms with E-state index in [9.17, 15) is 0 Å². The van der Waals surface area contributed by atoms with Gasteiger partial charge in [-0.2, -0.15) is 5.10 Å². The Kier molecular flexibility index (Phi) is 3.24. The number of nitrogens with two attached hydrogens (primary N) is 1. The van der Waals surface area contributed by atoms with Crippen LogP contribution < -0.4 is 10.6 Å². The fraction of sp³-hybridized carbons (Fsp3) is 0.562. The molecule has 116 valence electrons. The lowest BCUT2D eigenvalue weighted by atomic mass is 9.85. The summed E-state index contributed by atoms with van der Waals surface area (Å²) in [5, 5.41) is 4.36. The molecule has 1 fully saturated rings. The van der Waals surface area contributed by atoms with E-state index in [1.165, 1.54) is 19.3 Å². The van der Waals surface area contributed by atoms with Crippen LogP contribution in [-0.4, -0.2) is 26.3 Å². The van der Waals surface area contributed by atoms with Crippen LogP contribution in [0.2, 0.25) is 0 Å². The first-order valence-corrected chi connectivity index (χ1v) is 8.12. The van der Waals surface area contributed by atoms with Gasteiger partial charge >= 0.3 is 0 Å². The molecular formula is C16H22N6. The van der Waals surface area contributed by atoms with E-state index in [0.29, 0.717) is 11.7 Å². The van der Waals surface area contributed by atoms with E-state index >= 15 is 0 Å². The zero-order valence-electron chi connectivity index (χ0n) is 13.0. The number of nitrogens with zero attached hydrogens (tertiary/aromatic N) is 5. The number of fused-ring (bicyclic) bond motifs is 1. The molecule has 6 nitrogen and oxygen atoms in total. The van der Waals surface area contributed by atoms with Gasteiger partial charge in [-0.3, -0.25) is 4.68 Å². The summed E-state index contributed by atoms with van der Waals surface area (Å²) < 4.78 is 2.02. The fourth-order valence-corrected chi connectivity index (χ4v) is 3.27. The summed E-state index contributed by atoms with van der Waals surface area (Å²) in [6.45, 7) is 4.78. The van der Waals surface area contributed by atoms with E-state index in [0.717, 1.165) is 49.1 Å². The van der Waals surface area contributed by atoms with E-state index in [1.54, 1.807) is 0 Å². The standard InChI is InChI=1S/C16H22N6/c1-11-8-15(19-16(18-11)12-4-2-5-12)21-6-3-7-22-13(10-21)9-14(17)20-22/h8-9,12H,2-7,10H2,1H3,(H2,17,20). The lowest BCUT2D eigenvalue weighted by Gasteiger charge is -2.27. The Labute approximate surface area is 130 Å². The minimum atomic E-state index is 0.562. The summed E-state index contributed by atoms with van der Waals surface area (Å²) in [5.41, 5.74) is 8.05. The Morgan fingerprint density at radius 2 is 2.00 bits per heavy atom. The summed E-state index contributed by atoms with van der Waals surface area (Å²) in [4.78, 5) is 11.8. The molecule has 22 heavy (non-hydrogen) atoms. The van der Waals surface area contributed by atoms with E-state index in [2.05, 4.69) is 28.0 Å². The van der Waals surface area contributed by atoms with Gasteiger partial charge in [-0.25, -0.2) is 9.97 Å². The molecule has 0 aromatic carbocycles. The molecule has 1 saturated carbocycles. The molecule has 2 aromatic rings. The van der Waals surface area contributed by atoms with Gasteiger partial charge in [0.15, 0.2) is 0 Å². The summed E-state index contributed by atoms with van der Waals surface area (Å²) in [7, 11) is 0. The van der Waals surface area contributed by atoms with Crippen LogP contribution in [0.3, 0.4) is 0 Å². The Morgan fingerprint density at radius 1 is 1.14 bits per heavy atom. The second-order valence-electron chi connectivity index (χ2n) is 6.41. The van der Waals surface area contributed by atoms with E-state index < -0.39 is 0 Å². The molecule has 0 saturated heterocycles. The van der Waals surface area contributed by atoms with Gasteiger partial charge in [-0.15, -0.1) is 0 Å². The van der Waals surface area contributed by atoms with Gasteiger partial charge in [-0.1, -0.05) is 6.42 Å². The van der Waals surface area contributed by atoms with Crippen LogP contribution in [0.25, 0.3) is 0 Å². The van der Waals surface area contributed by atoms with Crippen molar-refractivity contribution in [1.82, 2.24) is 19.7 Å². The van der Waals surface area contributed by atoms with Gasteiger partial charge in [0.05, 0.1) is 12.2 Å². The molecule has 0 radical (unpaired) electrons. The lowest BCUT2D eigenvalue weighted by molar-refractivity contribution is 0.400. The first-order valence-electron chi connectivity index (χ1n) is 8.12. The summed E-state index contributed by atoms with van der Waals surface area (Å²) in [5.74, 6) is 3.24. The molecule has 2 N–H and O–H groups in total. The van der Waals surface area contributed by atoms with Crippen LogP contribution in [0.4, 0.5) is 11.6 Å². The molecule has 1 aliphatic heterocycles. The second kappa shape index (κ2) is 5.26. The highest BCUT2D eigenvalue weighted by atomic mass is 15.3. The normalized spacial score (nSPS) is 18.7. The van der Waals surface area contributed by atoms with Crippen LogP contribution in [0, 0.1) is 6.92 Å². The number of hydrogen-bond donors (Lipinski definition) is 1. The van der Waals surface area contributed by atoms with Crippen molar-refractivity contribution in [3.63, 3.8) is 0 Å². The molecule has 0 atom stereocenters. The number of rotatable bonds is 2. The van der Waals surface area contributed by atoms with E-state index in [-0.39, 0.29) is 0 Å². The number of hydrogen-bond acceptors (Lipinski definition) is 5. The molecule has 0 spiro atoms. The Balaban J connectivity index is 1.64. The molecular weight excluding hydrogens is 276 g/mol. The largest absolute Gasteiger partial charge is 0.382 e. The molecule has 2 aromatic heterocycles. The van der Waals surface area contributed by atoms with Crippen LogP contribution in [0.5, 0.6) is 0 Å². The zero-order valence-corrected chi connectivity index (χ0v) is 13.0. The molecule has 0 unspecified atom stereocenters. The lowest BCUT2D eigenvalue weighted by Crippen LogP contribution is -2.25. The zero-order chi connectivity index (χ0) is 15.1. The molecule has 0 bridgehead atoms. The number of aryl methyl sites for hydroxylation is 2. The van der Waals surface area contributed by atoms with Gasteiger partial charge in [-0.05, 0) is 26.2 Å². The third-order valence-electron chi connectivity index (χ3n) is 4.69. The maximum absolute atomic E-state index is 5.83. The average Bonchev–Trinajstić information content (AvgIpc) is 2.63. The predicted molar refractivity (Wildman–Crippen MR) is 85.7 cm³/mol. The first-order chi connectivity index (χ1) is 10.7. The molecule has 1 aliphatic carbocycles. The maximum Gasteiger partial charge on any atom is 0.145 e. The molecule has 2 aliphatic rings. The Bertz CT molecular complexity index is 688. The van der Waals surface area contributed by atoms with Crippen molar-refractivity contribution in [2.45, 2.75) is 51.6 Å². The van der Waals surface area contributed by atoms with Gasteiger partial charge in [0.2, 0.25) is 0 Å². The van der Waals surface area contributed by atoms with E-state index in [1.807, 2.05) is 10.7 Å². The number of aromatic nitrogens is 4. The van der Waals surface area contributed by atoms with Crippen molar-refractivity contribution < 1.29 is 0 Å². The highest BCUT2D eigenvalue weighted by Crippen LogP contribution is 2.35. The molecule has 6 heteroatoms. The van der Waals surface area contributed by atoms with E-state index in [4.69, 9.17) is 10.7 Å². The van der Waals surface area contributed by atoms with Crippen LogP contribution >= 0.6 is 0 Å². The van der Waals surface area contributed by atoms with Gasteiger partial charge < -0.3 is 10.6 Å². The molecule has 4 rings (SSSR count). The van der Waals surface area contributed by atoms with Crippen LogP contribution in [0.15, 0.2) is 12.1 Å². The third kappa shape index (κ3) is 2.42. The first kappa shape index (κ1) is 13.5. The minimum absolute atomic E-state index is 0.562. The van der Waals surface area contributed by atoms with Crippen LogP contribution in [-0.2, 0) is 13.1 Å². The summed E-state index contributed by atoms with van der Waals surface area (Å²) >= 11 is 0. The van der Waals surface area contributed by atoms with Crippen molar-refractivity contribution in [3.05, 3.63) is 29.3 Å². The number of nitrogen functional groups attached to an aromatic ring is 1. The Hall–Kier alpha value is -2.11. The monoisotopic (exact) mass is 298 g/mol. The second-order valence-corrected chi connectivity index (χ2v) is 6.41. The summed E-state index contributed by atoms with van der Waals surface area (Å²) in [6, 6.07) is 4.07. The van der Waals surface area contributed by atoms with Crippen molar-refractivity contribution in [3.8, 4) is 0 Å². The fourth-order valence-electron chi connectivity index (χ4n) is 3.27. The highest BCUT2D eigenvalue weighted by Gasteiger charge is 2.24. The molecule has 0 amide bonds. The van der Waals surface area contributed by atoms with Crippen molar-refractivity contribution >= 4 is 11.6 Å².